The minimum Gasteiger partial charge on any atom is -0.0623 e. The first-order valence-electron chi connectivity index (χ1n) is 9.24. The van der Waals surface area contributed by atoms with Gasteiger partial charge in [-0.05, 0) is 6.08 Å². The SMILES string of the molecule is [C]1=C/C=C\C=C/C=C\C=C/C=C\C=CC=C/C=C\C=C/C=C\C=C/C=C\C=C/1. The highest BCUT2D eigenvalue weighted by Gasteiger charge is 1.67. The van der Waals surface area contributed by atoms with E-state index in [2.05, 4.69) is 6.08 Å². The van der Waals surface area contributed by atoms with Gasteiger partial charge in [0.05, 0.1) is 0 Å². The van der Waals surface area contributed by atoms with Crippen LogP contribution in [-0.4, -0.2) is 0 Å². The van der Waals surface area contributed by atoms with Crippen molar-refractivity contribution in [2.75, 3.05) is 0 Å². The second kappa shape index (κ2) is 19.7. The van der Waals surface area contributed by atoms with Gasteiger partial charge >= 0.3 is 0 Å². The second-order valence-electron chi connectivity index (χ2n) is 5.31. The van der Waals surface area contributed by atoms with E-state index in [1.54, 1.807) is 0 Å². The van der Waals surface area contributed by atoms with Gasteiger partial charge in [-0.1, -0.05) is 164 Å². The molecule has 0 amide bonds. The van der Waals surface area contributed by atoms with Crippen molar-refractivity contribution in [3.8, 4) is 0 Å². The van der Waals surface area contributed by atoms with E-state index in [9.17, 15) is 0 Å². The molecule has 0 atom stereocenters. The Hall–Kier alpha value is -3.64. The molecule has 0 heteroatoms. The third-order valence-corrected chi connectivity index (χ3v) is 3.05. The molecule has 1 rings (SSSR count). The summed E-state index contributed by atoms with van der Waals surface area (Å²) < 4.78 is 0. The van der Waals surface area contributed by atoms with Gasteiger partial charge in [0.2, 0.25) is 0 Å². The summed E-state index contributed by atoms with van der Waals surface area (Å²) in [5.74, 6) is 0. The number of hydrogen-bond donors (Lipinski definition) is 0. The fourth-order valence-corrected chi connectivity index (χ4v) is 1.75. The molecule has 0 N–H and O–H groups in total. The van der Waals surface area contributed by atoms with Gasteiger partial charge in [-0.25, -0.2) is 0 Å². The summed E-state index contributed by atoms with van der Waals surface area (Å²) in [6.07, 6.45) is 56.5. The standard InChI is InChI=1S/C28H27/c1-2-4-6-8-10-12-14-16-18-20-22-24-26-28-27-25-23-21-19-17-15-13-11-9-7-5-3-1/h1-27H/b2-1?,3-1?,4-2?,5-3?,6-4-,7-5?,8-6?,9-7-,10-8-,11-9?,12-10?,13-11-,14-12-,15-13?,16-14?,17-15-,18-16-,19-17?,20-18?,21-19-,22-20-,23-21?,24-22?,25-23-,26-24-,27-25?,28-26?,28-27?. The Morgan fingerprint density at radius 3 is 0.714 bits per heavy atom. The molecule has 0 heterocycles. The Kier molecular flexibility index (Phi) is 15.7. The third kappa shape index (κ3) is 17.2. The quantitative estimate of drug-likeness (QED) is 0.416. The molecule has 0 aromatic carbocycles. The molecular formula is C28H27. The van der Waals surface area contributed by atoms with Crippen molar-refractivity contribution < 1.29 is 0 Å². The van der Waals surface area contributed by atoms with Crippen LogP contribution < -0.4 is 0 Å². The van der Waals surface area contributed by atoms with E-state index in [1.165, 1.54) is 0 Å². The molecule has 1 aliphatic carbocycles. The lowest BCUT2D eigenvalue weighted by atomic mass is 10.3. The summed E-state index contributed by atoms with van der Waals surface area (Å²) in [7, 11) is 0. The minimum absolute atomic E-state index is 1.88. The Morgan fingerprint density at radius 2 is 0.429 bits per heavy atom. The molecule has 0 saturated carbocycles. The molecule has 0 spiro atoms. The average Bonchev–Trinajstić information content (AvgIpc) is 2.71. The molecule has 0 aromatic rings. The lowest BCUT2D eigenvalue weighted by molar-refractivity contribution is 1.78. The maximum Gasteiger partial charge on any atom is -0.0184 e. The second-order valence-corrected chi connectivity index (χ2v) is 5.31. The molecule has 0 bridgehead atoms. The molecule has 28 heavy (non-hydrogen) atoms. The van der Waals surface area contributed by atoms with Crippen molar-refractivity contribution in [1.82, 2.24) is 0 Å². The molecule has 0 unspecified atom stereocenters. The first-order valence-corrected chi connectivity index (χ1v) is 9.24. The van der Waals surface area contributed by atoms with Crippen molar-refractivity contribution in [2.45, 2.75) is 0 Å². The Bertz CT molecular complexity index is 480. The molecule has 0 saturated heterocycles. The van der Waals surface area contributed by atoms with Crippen LogP contribution in [0.3, 0.4) is 0 Å². The third-order valence-electron chi connectivity index (χ3n) is 3.05. The average molecular weight is 364 g/mol. The molecule has 0 aromatic heterocycles. The predicted octanol–water partition coefficient (Wildman–Crippen LogP) is 7.59. The van der Waals surface area contributed by atoms with Gasteiger partial charge in [0.1, 0.15) is 0 Å². The van der Waals surface area contributed by atoms with E-state index in [-0.39, 0.29) is 0 Å². The maximum atomic E-state index is 3.08. The first kappa shape index (κ1) is 22.4. The van der Waals surface area contributed by atoms with Crippen molar-refractivity contribution in [3.05, 3.63) is 170 Å². The zero-order valence-corrected chi connectivity index (χ0v) is 16.1. The first-order chi connectivity index (χ1) is 14.0. The summed E-state index contributed by atoms with van der Waals surface area (Å²) in [6.45, 7) is 0. The summed E-state index contributed by atoms with van der Waals surface area (Å²) in [6, 6.07) is 0. The molecule has 1 radical (unpaired) electrons. The van der Waals surface area contributed by atoms with E-state index in [1.807, 2.05) is 164 Å². The molecule has 0 fully saturated rings. The Labute approximate surface area is 170 Å². The van der Waals surface area contributed by atoms with Crippen LogP contribution in [0.1, 0.15) is 0 Å². The van der Waals surface area contributed by atoms with E-state index in [0.29, 0.717) is 0 Å². The van der Waals surface area contributed by atoms with Gasteiger partial charge in [0, 0.05) is 0 Å². The van der Waals surface area contributed by atoms with Gasteiger partial charge in [-0.2, -0.15) is 0 Å². The van der Waals surface area contributed by atoms with Crippen molar-refractivity contribution in [2.24, 2.45) is 0 Å². The van der Waals surface area contributed by atoms with Crippen LogP contribution in [0.4, 0.5) is 0 Å². The maximum absolute atomic E-state index is 3.08. The van der Waals surface area contributed by atoms with Crippen LogP contribution in [0.15, 0.2) is 164 Å². The lowest BCUT2D eigenvalue weighted by Gasteiger charge is -1.77. The summed E-state index contributed by atoms with van der Waals surface area (Å²) in [4.78, 5) is 0. The number of hydrogen-bond acceptors (Lipinski definition) is 0. The van der Waals surface area contributed by atoms with Crippen LogP contribution >= 0.6 is 0 Å². The predicted molar refractivity (Wildman–Crippen MR) is 127 cm³/mol. The highest BCUT2D eigenvalue weighted by molar-refractivity contribution is 5.24. The zero-order chi connectivity index (χ0) is 19.8. The van der Waals surface area contributed by atoms with Crippen molar-refractivity contribution >= 4 is 0 Å². The normalized spacial score (nSPS) is 29.7. The fraction of sp³-hybridized carbons (Fsp3) is 0. The lowest BCUT2D eigenvalue weighted by Crippen LogP contribution is -1.55. The number of allylic oxidation sites excluding steroid dienone is 28. The van der Waals surface area contributed by atoms with E-state index >= 15 is 0 Å². The van der Waals surface area contributed by atoms with E-state index in [4.69, 9.17) is 0 Å². The van der Waals surface area contributed by atoms with Crippen LogP contribution in [0.2, 0.25) is 0 Å². The highest BCUT2D eigenvalue weighted by atomic mass is 13.7. The fourth-order valence-electron chi connectivity index (χ4n) is 1.75. The Balaban J connectivity index is 2.67. The van der Waals surface area contributed by atoms with Crippen LogP contribution in [0.25, 0.3) is 0 Å². The van der Waals surface area contributed by atoms with Gasteiger partial charge in [-0.15, -0.1) is 0 Å². The topological polar surface area (TPSA) is 0 Å². The summed E-state index contributed by atoms with van der Waals surface area (Å²) in [5, 5.41) is 0. The molecule has 1 aliphatic rings. The van der Waals surface area contributed by atoms with Crippen molar-refractivity contribution in [3.63, 3.8) is 0 Å². The summed E-state index contributed by atoms with van der Waals surface area (Å²) >= 11 is 0. The Morgan fingerprint density at radius 1 is 0.214 bits per heavy atom. The largest absolute Gasteiger partial charge is 0.0623 e. The number of rotatable bonds is 0. The van der Waals surface area contributed by atoms with Gasteiger partial charge < -0.3 is 0 Å². The van der Waals surface area contributed by atoms with Crippen LogP contribution in [-0.2, 0) is 0 Å². The molecular weight excluding hydrogens is 336 g/mol. The van der Waals surface area contributed by atoms with E-state index < -0.39 is 0 Å². The van der Waals surface area contributed by atoms with Crippen molar-refractivity contribution in [1.29, 1.82) is 0 Å². The van der Waals surface area contributed by atoms with Gasteiger partial charge in [0.25, 0.3) is 0 Å². The monoisotopic (exact) mass is 363 g/mol. The van der Waals surface area contributed by atoms with Gasteiger partial charge in [-0.3, -0.25) is 0 Å². The summed E-state index contributed by atoms with van der Waals surface area (Å²) in [5.41, 5.74) is 0. The highest BCUT2D eigenvalue weighted by Crippen LogP contribution is 1.88. The van der Waals surface area contributed by atoms with E-state index in [0.717, 1.165) is 0 Å². The molecule has 0 aliphatic heterocycles. The minimum atomic E-state index is 1.88. The molecule has 0 nitrogen and oxygen atoms in total. The smallest absolute Gasteiger partial charge is 0.0184 e. The van der Waals surface area contributed by atoms with Gasteiger partial charge in [0.15, 0.2) is 0 Å². The van der Waals surface area contributed by atoms with Crippen LogP contribution in [0.5, 0.6) is 0 Å². The molecule has 139 valence electrons. The van der Waals surface area contributed by atoms with Crippen LogP contribution in [0, 0.1) is 6.08 Å². The zero-order valence-electron chi connectivity index (χ0n) is 16.1.